The van der Waals surface area contributed by atoms with Gasteiger partial charge in [0.25, 0.3) is 11.1 Å². The molecule has 224 valence electrons. The van der Waals surface area contributed by atoms with Crippen LogP contribution in [0, 0.1) is 0 Å². The van der Waals surface area contributed by atoms with Crippen LogP contribution in [-0.4, -0.2) is 9.03 Å². The van der Waals surface area contributed by atoms with Crippen molar-refractivity contribution in [3.8, 4) is 55.8 Å². The molecule has 2 aromatic heterocycles. The molecule has 0 saturated carbocycles. The number of rotatable bonds is 4. The van der Waals surface area contributed by atoms with Gasteiger partial charge in [-0.1, -0.05) is 141 Å². The lowest BCUT2D eigenvalue weighted by Gasteiger charge is -2.20. The summed E-state index contributed by atoms with van der Waals surface area (Å²) in [6.45, 7) is 4.19. The molecular formula is C43H30N2O2. The van der Waals surface area contributed by atoms with Gasteiger partial charge in [-0.2, -0.15) is 4.52 Å². The summed E-state index contributed by atoms with van der Waals surface area (Å²) in [6, 6.07) is 49.8. The van der Waals surface area contributed by atoms with Gasteiger partial charge in [0.2, 0.25) is 0 Å². The van der Waals surface area contributed by atoms with Crippen LogP contribution in [0.3, 0.4) is 0 Å². The lowest BCUT2D eigenvalue weighted by molar-refractivity contribution is 0.650. The Hall–Kier alpha value is -6.00. The van der Waals surface area contributed by atoms with Gasteiger partial charge >= 0.3 is 0 Å². The molecule has 0 aliphatic heterocycles. The third-order valence-corrected chi connectivity index (χ3v) is 9.92. The maximum absolute atomic E-state index is 14.2. The summed E-state index contributed by atoms with van der Waals surface area (Å²) in [7, 11) is 0. The van der Waals surface area contributed by atoms with E-state index in [1.165, 1.54) is 4.52 Å². The first-order valence-corrected chi connectivity index (χ1v) is 16.0. The molecule has 0 fully saturated rings. The average Bonchev–Trinajstić information content (AvgIpc) is 3.68. The Bertz CT molecular complexity index is 2630. The normalized spacial score (nSPS) is 13.2. The number of fused-ring (bicyclic) bond motifs is 7. The molecule has 9 rings (SSSR count). The van der Waals surface area contributed by atoms with Crippen molar-refractivity contribution in [2.75, 3.05) is 0 Å². The highest BCUT2D eigenvalue weighted by molar-refractivity contribution is 5.93. The van der Waals surface area contributed by atoms with Gasteiger partial charge < -0.3 is 0 Å². The summed E-state index contributed by atoms with van der Waals surface area (Å²) in [5, 5.41) is 0.532. The van der Waals surface area contributed by atoms with Crippen molar-refractivity contribution in [2.45, 2.75) is 19.3 Å². The summed E-state index contributed by atoms with van der Waals surface area (Å²) in [6.07, 6.45) is 0. The van der Waals surface area contributed by atoms with E-state index in [1.54, 1.807) is 0 Å². The van der Waals surface area contributed by atoms with Crippen LogP contribution in [0.25, 0.3) is 66.7 Å². The zero-order valence-corrected chi connectivity index (χ0v) is 26.1. The molecule has 4 heteroatoms. The van der Waals surface area contributed by atoms with Gasteiger partial charge in [-0.05, 0) is 68.3 Å². The minimum absolute atomic E-state index is 0.250. The lowest BCUT2D eigenvalue weighted by Crippen LogP contribution is -2.29. The molecule has 6 aromatic carbocycles. The first-order valence-electron chi connectivity index (χ1n) is 16.0. The molecule has 0 radical (unpaired) electrons. The fourth-order valence-electron chi connectivity index (χ4n) is 7.68. The molecule has 0 saturated heterocycles. The van der Waals surface area contributed by atoms with Crippen molar-refractivity contribution < 1.29 is 0 Å². The van der Waals surface area contributed by atoms with E-state index in [9.17, 15) is 9.59 Å². The Kier molecular flexibility index (Phi) is 5.81. The number of benzene rings is 6. The fourth-order valence-corrected chi connectivity index (χ4v) is 7.68. The van der Waals surface area contributed by atoms with E-state index in [1.807, 2.05) is 53.0 Å². The van der Waals surface area contributed by atoms with Crippen LogP contribution in [0.4, 0.5) is 0 Å². The number of nitrogens with zero attached hydrogens (tertiary/aromatic N) is 2. The number of hydrogen-bond acceptors (Lipinski definition) is 2. The molecule has 0 spiro atoms. The molecule has 1 aliphatic rings. The number of hydrogen-bond donors (Lipinski definition) is 0. The quantitative estimate of drug-likeness (QED) is 0.200. The van der Waals surface area contributed by atoms with Crippen LogP contribution in [0.1, 0.15) is 25.0 Å². The molecule has 4 nitrogen and oxygen atoms in total. The van der Waals surface area contributed by atoms with E-state index in [0.29, 0.717) is 10.9 Å². The van der Waals surface area contributed by atoms with Crippen LogP contribution in [-0.2, 0) is 5.41 Å². The zero-order valence-electron chi connectivity index (χ0n) is 26.1. The summed E-state index contributed by atoms with van der Waals surface area (Å²) in [5.41, 5.74) is 11.9. The van der Waals surface area contributed by atoms with E-state index in [2.05, 4.69) is 111 Å². The van der Waals surface area contributed by atoms with Crippen molar-refractivity contribution in [1.82, 2.24) is 9.03 Å². The molecule has 0 bridgehead atoms. The third kappa shape index (κ3) is 3.88. The van der Waals surface area contributed by atoms with Crippen LogP contribution in [0.15, 0.2) is 155 Å². The summed E-state index contributed by atoms with van der Waals surface area (Å²) in [4.78, 5) is 28.3. The number of aromatic nitrogens is 2. The SMILES string of the molecule is CC1(C)c2cc(-c3ccccc3-c3ccccc3)ccc2-c2c1c(=O)n1c(=O)c3cc(-c4ccccc4-c4ccccc4)ccc3n21. The highest BCUT2D eigenvalue weighted by atomic mass is 16.2. The van der Waals surface area contributed by atoms with Crippen molar-refractivity contribution in [2.24, 2.45) is 0 Å². The average molecular weight is 607 g/mol. The molecule has 2 heterocycles. The van der Waals surface area contributed by atoms with E-state index >= 15 is 0 Å². The van der Waals surface area contributed by atoms with Crippen LogP contribution in [0.2, 0.25) is 0 Å². The van der Waals surface area contributed by atoms with E-state index in [-0.39, 0.29) is 11.1 Å². The molecule has 47 heavy (non-hydrogen) atoms. The van der Waals surface area contributed by atoms with Gasteiger partial charge in [0, 0.05) is 11.0 Å². The monoisotopic (exact) mass is 606 g/mol. The topological polar surface area (TPSA) is 43.0 Å². The largest absolute Gasteiger partial charge is 0.282 e. The Balaban J connectivity index is 1.23. The van der Waals surface area contributed by atoms with Gasteiger partial charge in [-0.3, -0.25) is 9.59 Å². The van der Waals surface area contributed by atoms with Crippen molar-refractivity contribution in [3.63, 3.8) is 0 Å². The van der Waals surface area contributed by atoms with E-state index < -0.39 is 5.41 Å². The standard InChI is InChI=1S/C43H30N2O2/c1-43(2)37-26-30(34-20-12-10-18-32(34)28-15-7-4-8-16-28)21-23-35(37)40-39(43)42(47)45-41(46)36-25-29(22-24-38(36)44(40)45)33-19-11-9-17-31(33)27-13-5-3-6-14-27/h3-26H,1-2H3. The molecule has 1 aliphatic carbocycles. The highest BCUT2D eigenvalue weighted by Gasteiger charge is 2.42. The Morgan fingerprint density at radius 3 is 1.51 bits per heavy atom. The first kappa shape index (κ1) is 27.3. The van der Waals surface area contributed by atoms with Crippen molar-refractivity contribution >= 4 is 10.9 Å². The molecule has 0 N–H and O–H groups in total. The highest BCUT2D eigenvalue weighted by Crippen LogP contribution is 2.49. The zero-order chi connectivity index (χ0) is 31.9. The van der Waals surface area contributed by atoms with E-state index in [0.717, 1.165) is 66.8 Å². The smallest absolute Gasteiger partial charge is 0.267 e. The van der Waals surface area contributed by atoms with Crippen LogP contribution < -0.4 is 11.1 Å². The molecule has 0 unspecified atom stereocenters. The third-order valence-electron chi connectivity index (χ3n) is 9.92. The van der Waals surface area contributed by atoms with Crippen LogP contribution >= 0.6 is 0 Å². The second-order valence-electron chi connectivity index (χ2n) is 12.9. The summed E-state index contributed by atoms with van der Waals surface area (Å²) in [5.74, 6) is 0. The van der Waals surface area contributed by atoms with Crippen molar-refractivity contribution in [3.05, 3.63) is 177 Å². The van der Waals surface area contributed by atoms with Crippen LogP contribution in [0.5, 0.6) is 0 Å². The first-order chi connectivity index (χ1) is 22.9. The molecule has 0 atom stereocenters. The van der Waals surface area contributed by atoms with Gasteiger partial charge in [0.05, 0.1) is 22.2 Å². The minimum atomic E-state index is -0.585. The summed E-state index contributed by atoms with van der Waals surface area (Å²) >= 11 is 0. The summed E-state index contributed by atoms with van der Waals surface area (Å²) < 4.78 is 3.19. The van der Waals surface area contributed by atoms with Gasteiger partial charge in [0.15, 0.2) is 0 Å². The molecule has 8 aromatic rings. The minimum Gasteiger partial charge on any atom is -0.267 e. The Labute approximate surface area is 271 Å². The maximum atomic E-state index is 14.2. The lowest BCUT2D eigenvalue weighted by atomic mass is 9.81. The van der Waals surface area contributed by atoms with Crippen molar-refractivity contribution in [1.29, 1.82) is 0 Å². The second kappa shape index (κ2) is 10.0. The molecular weight excluding hydrogens is 576 g/mol. The predicted octanol–water partition coefficient (Wildman–Crippen LogP) is 9.32. The molecule has 0 amide bonds. The Morgan fingerprint density at radius 1 is 0.447 bits per heavy atom. The maximum Gasteiger partial charge on any atom is 0.282 e. The van der Waals surface area contributed by atoms with Gasteiger partial charge in [-0.25, -0.2) is 4.52 Å². The van der Waals surface area contributed by atoms with E-state index in [4.69, 9.17) is 0 Å². The fraction of sp³-hybridized carbons (Fsp3) is 0.0698. The van der Waals surface area contributed by atoms with Gasteiger partial charge in [0.1, 0.15) is 0 Å². The second-order valence-corrected chi connectivity index (χ2v) is 12.9. The Morgan fingerprint density at radius 2 is 0.936 bits per heavy atom. The van der Waals surface area contributed by atoms with Gasteiger partial charge in [-0.15, -0.1) is 0 Å². The predicted molar refractivity (Wildman–Crippen MR) is 191 cm³/mol.